The summed E-state index contributed by atoms with van der Waals surface area (Å²) in [4.78, 5) is 17.6. The van der Waals surface area contributed by atoms with Crippen LogP contribution in [0.2, 0.25) is 0 Å². The Balaban J connectivity index is 1.48. The lowest BCUT2D eigenvalue weighted by atomic mass is 9.94. The molecule has 2 unspecified atom stereocenters. The van der Waals surface area contributed by atoms with Gasteiger partial charge < -0.3 is 14.7 Å². The molecule has 3 aliphatic heterocycles. The summed E-state index contributed by atoms with van der Waals surface area (Å²) in [5.74, 6) is 1.60. The number of piperidine rings is 1. The number of benzene rings is 2. The van der Waals surface area contributed by atoms with Crippen LogP contribution in [0.15, 0.2) is 42.5 Å². The maximum Gasteiger partial charge on any atom is 0.254 e. The molecule has 0 spiro atoms. The Hall–Kier alpha value is -2.53. The molecule has 2 aromatic carbocycles. The van der Waals surface area contributed by atoms with Crippen molar-refractivity contribution in [3.63, 3.8) is 0 Å². The van der Waals surface area contributed by atoms with Gasteiger partial charge in [0, 0.05) is 37.8 Å². The fraction of sp³-hybridized carbons (Fsp3) is 0.435. The van der Waals surface area contributed by atoms with Crippen molar-refractivity contribution in [1.82, 2.24) is 9.80 Å². The normalized spacial score (nSPS) is 22.1. The second-order valence-electron chi connectivity index (χ2n) is 8.10. The van der Waals surface area contributed by atoms with Gasteiger partial charge in [0.1, 0.15) is 11.5 Å². The highest BCUT2D eigenvalue weighted by atomic mass is 16.5. The van der Waals surface area contributed by atoms with E-state index in [4.69, 9.17) is 4.74 Å². The Morgan fingerprint density at radius 1 is 1.11 bits per heavy atom. The second-order valence-corrected chi connectivity index (χ2v) is 8.10. The number of phenols is 1. The maximum absolute atomic E-state index is 13.1. The van der Waals surface area contributed by atoms with Gasteiger partial charge in [0.15, 0.2) is 0 Å². The number of carbonyl (C=O) groups excluding carboxylic acids is 1. The Bertz CT molecular complexity index is 849. The van der Waals surface area contributed by atoms with Crippen molar-refractivity contribution in [3.8, 4) is 11.5 Å². The van der Waals surface area contributed by atoms with E-state index in [1.807, 2.05) is 36.1 Å². The van der Waals surface area contributed by atoms with Crippen molar-refractivity contribution >= 4 is 5.91 Å². The molecule has 2 aromatic rings. The molecule has 5 heteroatoms. The van der Waals surface area contributed by atoms with Crippen molar-refractivity contribution in [2.24, 2.45) is 5.92 Å². The Kier molecular flexibility index (Phi) is 5.27. The molecule has 0 aliphatic carbocycles. The number of fused-ring (bicyclic) bond motifs is 4. The van der Waals surface area contributed by atoms with E-state index in [0.29, 0.717) is 11.5 Å². The topological polar surface area (TPSA) is 53.0 Å². The molecule has 3 saturated heterocycles. The molecule has 1 N–H and O–H groups in total. The van der Waals surface area contributed by atoms with E-state index in [2.05, 4.69) is 17.0 Å². The number of ether oxygens (including phenoxy) is 1. The molecule has 3 aliphatic rings. The summed E-state index contributed by atoms with van der Waals surface area (Å²) in [6.07, 6.45) is 2.22. The molecule has 148 valence electrons. The lowest BCUT2D eigenvalue weighted by Crippen LogP contribution is -2.47. The number of hydrogen-bond donors (Lipinski definition) is 1. The zero-order valence-corrected chi connectivity index (χ0v) is 16.6. The average Bonchev–Trinajstić information content (AvgIpc) is 3.00. The Morgan fingerprint density at radius 2 is 1.89 bits per heavy atom. The summed E-state index contributed by atoms with van der Waals surface area (Å²) in [7, 11) is 1.68. The Morgan fingerprint density at radius 3 is 2.61 bits per heavy atom. The van der Waals surface area contributed by atoms with Gasteiger partial charge in [-0.05, 0) is 61.1 Å². The van der Waals surface area contributed by atoms with Crippen LogP contribution in [0.25, 0.3) is 0 Å². The van der Waals surface area contributed by atoms with Gasteiger partial charge in [-0.25, -0.2) is 0 Å². The molecule has 1 amide bonds. The third-order valence-corrected chi connectivity index (χ3v) is 6.07. The third kappa shape index (κ3) is 3.85. The number of methoxy groups -OCH3 is 1. The van der Waals surface area contributed by atoms with E-state index < -0.39 is 0 Å². The molecule has 5 rings (SSSR count). The highest BCUT2D eigenvalue weighted by molar-refractivity contribution is 5.95. The Labute approximate surface area is 166 Å². The van der Waals surface area contributed by atoms with Crippen molar-refractivity contribution < 1.29 is 14.6 Å². The molecule has 28 heavy (non-hydrogen) atoms. The first-order valence-electron chi connectivity index (χ1n) is 9.99. The number of amides is 1. The van der Waals surface area contributed by atoms with Crippen molar-refractivity contribution in [2.45, 2.75) is 32.4 Å². The van der Waals surface area contributed by atoms with Crippen LogP contribution >= 0.6 is 0 Å². The molecule has 0 saturated carbocycles. The van der Waals surface area contributed by atoms with E-state index in [1.54, 1.807) is 13.2 Å². The SMILES string of the molecule is COc1ccc(CN2CC3CCC(C2)N(C(=O)c2ccc(C)c(O)c2)C3)cc1. The minimum atomic E-state index is 0.0382. The van der Waals surface area contributed by atoms with Crippen LogP contribution in [0.3, 0.4) is 0 Å². The summed E-state index contributed by atoms with van der Waals surface area (Å²) >= 11 is 0. The van der Waals surface area contributed by atoms with E-state index in [9.17, 15) is 9.90 Å². The monoisotopic (exact) mass is 380 g/mol. The fourth-order valence-corrected chi connectivity index (χ4v) is 4.45. The lowest BCUT2D eigenvalue weighted by Gasteiger charge is -2.36. The molecule has 0 aromatic heterocycles. The minimum absolute atomic E-state index is 0.0382. The summed E-state index contributed by atoms with van der Waals surface area (Å²) in [6, 6.07) is 13.7. The highest BCUT2D eigenvalue weighted by Gasteiger charge is 2.37. The number of aromatic hydroxyl groups is 1. The van der Waals surface area contributed by atoms with Crippen LogP contribution in [0.1, 0.15) is 34.3 Å². The minimum Gasteiger partial charge on any atom is -0.508 e. The van der Waals surface area contributed by atoms with Crippen molar-refractivity contribution in [3.05, 3.63) is 59.2 Å². The lowest BCUT2D eigenvalue weighted by molar-refractivity contribution is 0.0584. The highest BCUT2D eigenvalue weighted by Crippen LogP contribution is 2.31. The first-order chi connectivity index (χ1) is 13.5. The first-order valence-corrected chi connectivity index (χ1v) is 9.99. The van der Waals surface area contributed by atoms with Gasteiger partial charge in [0.25, 0.3) is 5.91 Å². The van der Waals surface area contributed by atoms with E-state index >= 15 is 0 Å². The summed E-state index contributed by atoms with van der Waals surface area (Å²) in [6.45, 7) is 5.45. The van der Waals surface area contributed by atoms with Crippen LogP contribution < -0.4 is 4.74 Å². The van der Waals surface area contributed by atoms with Crippen LogP contribution in [-0.4, -0.2) is 53.6 Å². The number of carbonyl (C=O) groups is 1. The molecule has 2 atom stereocenters. The van der Waals surface area contributed by atoms with Crippen LogP contribution in [0, 0.1) is 12.8 Å². The van der Waals surface area contributed by atoms with Crippen LogP contribution in [0.5, 0.6) is 11.5 Å². The fourth-order valence-electron chi connectivity index (χ4n) is 4.45. The molecule has 3 fully saturated rings. The second kappa shape index (κ2) is 7.84. The first kappa shape index (κ1) is 18.8. The van der Waals surface area contributed by atoms with Gasteiger partial charge in [0.2, 0.25) is 0 Å². The molecule has 2 bridgehead atoms. The molecule has 0 radical (unpaired) electrons. The number of hydrogen-bond acceptors (Lipinski definition) is 4. The number of aryl methyl sites for hydroxylation is 1. The zero-order chi connectivity index (χ0) is 19.7. The van der Waals surface area contributed by atoms with Gasteiger partial charge in [-0.15, -0.1) is 0 Å². The van der Waals surface area contributed by atoms with Crippen molar-refractivity contribution in [1.29, 1.82) is 0 Å². The van der Waals surface area contributed by atoms with Crippen molar-refractivity contribution in [2.75, 3.05) is 26.7 Å². The van der Waals surface area contributed by atoms with E-state index in [0.717, 1.165) is 43.9 Å². The van der Waals surface area contributed by atoms with E-state index in [-0.39, 0.29) is 17.7 Å². The summed E-state index contributed by atoms with van der Waals surface area (Å²) in [5, 5.41) is 9.99. The smallest absolute Gasteiger partial charge is 0.254 e. The predicted molar refractivity (Wildman–Crippen MR) is 109 cm³/mol. The predicted octanol–water partition coefficient (Wildman–Crippen LogP) is 3.45. The third-order valence-electron chi connectivity index (χ3n) is 6.07. The standard InChI is InChI=1S/C23H28N2O3/c1-16-3-7-19(11-22(16)26)23(27)25-14-18-4-8-20(25)15-24(13-18)12-17-5-9-21(28-2)10-6-17/h3,5-7,9-11,18,20,26H,4,8,12-15H2,1-2H3. The number of rotatable bonds is 4. The number of nitrogens with zero attached hydrogens (tertiary/aromatic N) is 2. The summed E-state index contributed by atoms with van der Waals surface area (Å²) < 4.78 is 5.25. The van der Waals surface area contributed by atoms with Crippen LogP contribution in [0.4, 0.5) is 0 Å². The van der Waals surface area contributed by atoms with Gasteiger partial charge in [0.05, 0.1) is 7.11 Å². The quantitative estimate of drug-likeness (QED) is 0.883. The molecular formula is C23H28N2O3. The summed E-state index contributed by atoms with van der Waals surface area (Å²) in [5.41, 5.74) is 2.64. The molecule has 5 nitrogen and oxygen atoms in total. The molecular weight excluding hydrogens is 352 g/mol. The van der Waals surface area contributed by atoms with Gasteiger partial charge in [-0.1, -0.05) is 18.2 Å². The zero-order valence-electron chi connectivity index (χ0n) is 16.6. The van der Waals surface area contributed by atoms with Gasteiger partial charge in [-0.3, -0.25) is 9.69 Å². The largest absolute Gasteiger partial charge is 0.508 e. The van der Waals surface area contributed by atoms with Gasteiger partial charge >= 0.3 is 0 Å². The average molecular weight is 380 g/mol. The number of phenolic OH excluding ortho intramolecular Hbond substituents is 1. The van der Waals surface area contributed by atoms with E-state index in [1.165, 1.54) is 12.0 Å². The van der Waals surface area contributed by atoms with Gasteiger partial charge in [-0.2, -0.15) is 0 Å². The maximum atomic E-state index is 13.1. The molecule has 3 heterocycles. The van der Waals surface area contributed by atoms with Crippen LogP contribution in [-0.2, 0) is 6.54 Å².